The lowest BCUT2D eigenvalue weighted by Crippen LogP contribution is -2.32. The van der Waals surface area contributed by atoms with Gasteiger partial charge in [-0.1, -0.05) is 0 Å². The van der Waals surface area contributed by atoms with Crippen molar-refractivity contribution < 1.29 is 27.1 Å². The number of hydrogen-bond donors (Lipinski definition) is 2. The number of carboxylic acid groups (broad SMARTS) is 1. The number of carbonyl (C=O) groups is 1. The molecule has 3 N–H and O–H groups in total. The summed E-state index contributed by atoms with van der Waals surface area (Å²) in [6.45, 7) is 0.0720. The standard InChI is InChI=1S/C11H12F2N2O4S/c12-8-3-6(11(16)17)4-9(10(8)13)20(18,19)15-2-1-7(14)5-15/h3-4,7H,1-2,5,14H2,(H,16,17). The van der Waals surface area contributed by atoms with Gasteiger partial charge in [0, 0.05) is 19.1 Å². The summed E-state index contributed by atoms with van der Waals surface area (Å²) in [5.74, 6) is -4.65. The van der Waals surface area contributed by atoms with E-state index in [2.05, 4.69) is 0 Å². The number of benzene rings is 1. The van der Waals surface area contributed by atoms with Gasteiger partial charge in [-0.2, -0.15) is 4.31 Å². The molecular formula is C11H12F2N2O4S. The van der Waals surface area contributed by atoms with Gasteiger partial charge in [-0.3, -0.25) is 0 Å². The summed E-state index contributed by atoms with van der Waals surface area (Å²) in [5, 5.41) is 8.78. The van der Waals surface area contributed by atoms with Gasteiger partial charge >= 0.3 is 5.97 Å². The van der Waals surface area contributed by atoms with Crippen LogP contribution in [0.5, 0.6) is 0 Å². The number of halogens is 2. The molecule has 0 bridgehead atoms. The summed E-state index contributed by atoms with van der Waals surface area (Å²) in [4.78, 5) is 9.82. The Kier molecular flexibility index (Phi) is 3.76. The third-order valence-electron chi connectivity index (χ3n) is 3.05. The van der Waals surface area contributed by atoms with Crippen LogP contribution < -0.4 is 5.73 Å². The normalized spacial score (nSPS) is 20.2. The molecule has 20 heavy (non-hydrogen) atoms. The molecule has 0 aromatic heterocycles. The van der Waals surface area contributed by atoms with Crippen molar-refractivity contribution in [2.45, 2.75) is 17.4 Å². The van der Waals surface area contributed by atoms with Crippen molar-refractivity contribution in [1.29, 1.82) is 0 Å². The minimum absolute atomic E-state index is 0.0132. The summed E-state index contributed by atoms with van der Waals surface area (Å²) < 4.78 is 52.3. The fourth-order valence-electron chi connectivity index (χ4n) is 1.99. The Balaban J connectivity index is 2.54. The Hall–Kier alpha value is -1.58. The van der Waals surface area contributed by atoms with E-state index in [9.17, 15) is 22.0 Å². The molecular weight excluding hydrogens is 294 g/mol. The molecule has 1 unspecified atom stereocenters. The Morgan fingerprint density at radius 1 is 1.40 bits per heavy atom. The molecule has 1 saturated heterocycles. The zero-order valence-corrected chi connectivity index (χ0v) is 11.0. The van der Waals surface area contributed by atoms with Crippen LogP contribution in [-0.4, -0.2) is 42.9 Å². The smallest absolute Gasteiger partial charge is 0.335 e. The molecule has 0 radical (unpaired) electrons. The topological polar surface area (TPSA) is 101 Å². The lowest BCUT2D eigenvalue weighted by atomic mass is 10.2. The minimum Gasteiger partial charge on any atom is -0.478 e. The summed E-state index contributed by atoms with van der Waals surface area (Å²) in [6, 6.07) is 0.673. The second kappa shape index (κ2) is 5.08. The van der Waals surface area contributed by atoms with Crippen molar-refractivity contribution in [1.82, 2.24) is 4.31 Å². The van der Waals surface area contributed by atoms with Crippen LogP contribution in [0.3, 0.4) is 0 Å². The van der Waals surface area contributed by atoms with E-state index in [1.54, 1.807) is 0 Å². The fraction of sp³-hybridized carbons (Fsp3) is 0.364. The lowest BCUT2D eigenvalue weighted by Gasteiger charge is -2.17. The molecule has 6 nitrogen and oxygen atoms in total. The highest BCUT2D eigenvalue weighted by atomic mass is 32.2. The molecule has 0 aliphatic carbocycles. The number of nitrogens with two attached hydrogens (primary N) is 1. The van der Waals surface area contributed by atoms with Gasteiger partial charge in [0.15, 0.2) is 11.6 Å². The predicted octanol–water partition coefficient (Wildman–Crippen LogP) is 0.385. The number of hydrogen-bond acceptors (Lipinski definition) is 4. The summed E-state index contributed by atoms with van der Waals surface area (Å²) in [6.07, 6.45) is 0.405. The summed E-state index contributed by atoms with van der Waals surface area (Å²) in [7, 11) is -4.31. The Bertz CT molecular complexity index is 663. The van der Waals surface area contributed by atoms with E-state index in [1.165, 1.54) is 0 Å². The second-order valence-corrected chi connectivity index (χ2v) is 6.39. The molecule has 1 aliphatic heterocycles. The van der Waals surface area contributed by atoms with Crippen molar-refractivity contribution in [3.8, 4) is 0 Å². The van der Waals surface area contributed by atoms with Crippen LogP contribution in [0.1, 0.15) is 16.8 Å². The van der Waals surface area contributed by atoms with Gasteiger partial charge in [0.05, 0.1) is 5.56 Å². The van der Waals surface area contributed by atoms with Gasteiger partial charge in [-0.05, 0) is 18.6 Å². The van der Waals surface area contributed by atoms with E-state index in [0.717, 1.165) is 4.31 Å². The molecule has 0 saturated carbocycles. The number of nitrogens with zero attached hydrogens (tertiary/aromatic N) is 1. The van der Waals surface area contributed by atoms with Crippen molar-refractivity contribution in [2.75, 3.05) is 13.1 Å². The summed E-state index contributed by atoms with van der Waals surface area (Å²) in [5.41, 5.74) is 4.94. The first kappa shape index (κ1) is 14.8. The maximum atomic E-state index is 13.7. The van der Waals surface area contributed by atoms with Crippen LogP contribution in [0.25, 0.3) is 0 Å². The highest BCUT2D eigenvalue weighted by Gasteiger charge is 2.34. The van der Waals surface area contributed by atoms with Crippen LogP contribution in [0.2, 0.25) is 0 Å². The zero-order chi connectivity index (χ0) is 15.1. The van der Waals surface area contributed by atoms with E-state index >= 15 is 0 Å². The quantitative estimate of drug-likeness (QED) is 0.841. The van der Waals surface area contributed by atoms with Crippen LogP contribution in [0, 0.1) is 11.6 Å². The Morgan fingerprint density at radius 2 is 2.05 bits per heavy atom. The largest absolute Gasteiger partial charge is 0.478 e. The third kappa shape index (κ3) is 2.51. The van der Waals surface area contributed by atoms with Gasteiger partial charge in [-0.25, -0.2) is 22.0 Å². The van der Waals surface area contributed by atoms with E-state index in [4.69, 9.17) is 10.8 Å². The monoisotopic (exact) mass is 306 g/mol. The van der Waals surface area contributed by atoms with Crippen molar-refractivity contribution in [3.05, 3.63) is 29.3 Å². The average Bonchev–Trinajstić information content (AvgIpc) is 2.79. The first-order valence-corrected chi connectivity index (χ1v) is 7.15. The van der Waals surface area contributed by atoms with E-state index < -0.39 is 38.1 Å². The summed E-state index contributed by atoms with van der Waals surface area (Å²) >= 11 is 0. The highest BCUT2D eigenvalue weighted by Crippen LogP contribution is 2.25. The number of rotatable bonds is 3. The SMILES string of the molecule is NC1CCN(S(=O)(=O)c2cc(C(=O)O)cc(F)c2F)C1. The molecule has 9 heteroatoms. The average molecular weight is 306 g/mol. The van der Waals surface area contributed by atoms with Crippen LogP contribution in [-0.2, 0) is 10.0 Å². The van der Waals surface area contributed by atoms with Gasteiger partial charge < -0.3 is 10.8 Å². The Morgan fingerprint density at radius 3 is 2.55 bits per heavy atom. The molecule has 1 aromatic rings. The molecule has 2 rings (SSSR count). The van der Waals surface area contributed by atoms with Gasteiger partial charge in [-0.15, -0.1) is 0 Å². The Labute approximate surface area is 113 Å². The maximum Gasteiger partial charge on any atom is 0.335 e. The van der Waals surface area contributed by atoms with E-state index in [0.29, 0.717) is 18.6 Å². The fourth-order valence-corrected chi connectivity index (χ4v) is 3.60. The molecule has 0 amide bonds. The number of carboxylic acids is 1. The molecule has 110 valence electrons. The third-order valence-corrected chi connectivity index (χ3v) is 4.91. The van der Waals surface area contributed by atoms with Crippen LogP contribution >= 0.6 is 0 Å². The predicted molar refractivity (Wildman–Crippen MR) is 64.7 cm³/mol. The molecule has 1 fully saturated rings. The van der Waals surface area contributed by atoms with Gasteiger partial charge in [0.2, 0.25) is 10.0 Å². The van der Waals surface area contributed by atoms with Crippen LogP contribution in [0.4, 0.5) is 8.78 Å². The van der Waals surface area contributed by atoms with Crippen molar-refractivity contribution in [2.24, 2.45) is 5.73 Å². The van der Waals surface area contributed by atoms with Crippen LogP contribution in [0.15, 0.2) is 17.0 Å². The van der Waals surface area contributed by atoms with E-state index in [1.807, 2.05) is 0 Å². The van der Waals surface area contributed by atoms with Crippen molar-refractivity contribution in [3.63, 3.8) is 0 Å². The highest BCUT2D eigenvalue weighted by molar-refractivity contribution is 7.89. The number of aromatic carboxylic acids is 1. The minimum atomic E-state index is -4.31. The molecule has 1 heterocycles. The molecule has 1 aliphatic rings. The number of sulfonamides is 1. The van der Waals surface area contributed by atoms with E-state index in [-0.39, 0.29) is 19.1 Å². The molecule has 0 spiro atoms. The van der Waals surface area contributed by atoms with Gasteiger partial charge in [0.25, 0.3) is 0 Å². The van der Waals surface area contributed by atoms with Gasteiger partial charge in [0.1, 0.15) is 4.90 Å². The lowest BCUT2D eigenvalue weighted by molar-refractivity contribution is 0.0696. The second-order valence-electron chi connectivity index (χ2n) is 4.49. The molecule has 1 aromatic carbocycles. The first-order valence-electron chi connectivity index (χ1n) is 5.71. The first-order chi connectivity index (χ1) is 9.23. The maximum absolute atomic E-state index is 13.7. The molecule has 1 atom stereocenters. The van der Waals surface area contributed by atoms with Crippen molar-refractivity contribution >= 4 is 16.0 Å². The zero-order valence-electron chi connectivity index (χ0n) is 10.2.